The Bertz CT molecular complexity index is 424. The summed E-state index contributed by atoms with van der Waals surface area (Å²) in [6.45, 7) is 0. The van der Waals surface area contributed by atoms with Gasteiger partial charge in [-0.1, -0.05) is 23.4 Å². The number of hydrogen-bond donors (Lipinski definition) is 2. The first kappa shape index (κ1) is 8.74. The molecule has 0 aromatic heterocycles. The van der Waals surface area contributed by atoms with Crippen molar-refractivity contribution in [1.82, 2.24) is 0 Å². The first-order chi connectivity index (χ1) is 6.74. The van der Waals surface area contributed by atoms with Crippen molar-refractivity contribution in [3.8, 4) is 0 Å². The molecule has 0 atom stereocenters. The van der Waals surface area contributed by atoms with E-state index in [2.05, 4.69) is 5.16 Å². The highest BCUT2D eigenvalue weighted by molar-refractivity contribution is 6.06. The Morgan fingerprint density at radius 3 is 2.93 bits per heavy atom. The van der Waals surface area contributed by atoms with Crippen molar-refractivity contribution in [2.24, 2.45) is 10.9 Å². The molecular weight excluding hydrogens is 180 g/mol. The SMILES string of the molecule is N/C(=N\O)c1cccc2c1CCC2=O. The fourth-order valence-electron chi connectivity index (χ4n) is 1.78. The van der Waals surface area contributed by atoms with Gasteiger partial charge in [-0.25, -0.2) is 0 Å². The van der Waals surface area contributed by atoms with Gasteiger partial charge in [0.15, 0.2) is 11.6 Å². The van der Waals surface area contributed by atoms with Crippen molar-refractivity contribution in [1.29, 1.82) is 0 Å². The maximum atomic E-state index is 11.4. The number of carbonyl (C=O) groups is 1. The maximum absolute atomic E-state index is 11.4. The minimum atomic E-state index is 0.0663. The first-order valence-corrected chi connectivity index (χ1v) is 4.37. The lowest BCUT2D eigenvalue weighted by molar-refractivity contribution is 0.0994. The second-order valence-corrected chi connectivity index (χ2v) is 3.24. The highest BCUT2D eigenvalue weighted by atomic mass is 16.4. The molecule has 4 nitrogen and oxygen atoms in total. The third-order valence-electron chi connectivity index (χ3n) is 2.46. The molecule has 2 rings (SSSR count). The maximum Gasteiger partial charge on any atom is 0.170 e. The fraction of sp³-hybridized carbons (Fsp3) is 0.200. The van der Waals surface area contributed by atoms with Gasteiger partial charge in [-0.3, -0.25) is 4.79 Å². The molecule has 0 heterocycles. The highest BCUT2D eigenvalue weighted by Crippen LogP contribution is 2.24. The Kier molecular flexibility index (Phi) is 1.96. The minimum absolute atomic E-state index is 0.0663. The molecule has 0 saturated heterocycles. The van der Waals surface area contributed by atoms with Crippen LogP contribution >= 0.6 is 0 Å². The van der Waals surface area contributed by atoms with E-state index in [1.807, 2.05) is 0 Å². The monoisotopic (exact) mass is 190 g/mol. The predicted octanol–water partition coefficient (Wildman–Crippen LogP) is 0.910. The smallest absolute Gasteiger partial charge is 0.170 e. The molecule has 0 spiro atoms. The van der Waals surface area contributed by atoms with Crippen LogP contribution in [-0.4, -0.2) is 16.8 Å². The Balaban J connectivity index is 2.60. The van der Waals surface area contributed by atoms with Gasteiger partial charge in [0, 0.05) is 17.5 Å². The minimum Gasteiger partial charge on any atom is -0.409 e. The third kappa shape index (κ3) is 1.16. The summed E-state index contributed by atoms with van der Waals surface area (Å²) in [5, 5.41) is 11.5. The molecule has 0 saturated carbocycles. The van der Waals surface area contributed by atoms with Crippen molar-refractivity contribution in [3.05, 3.63) is 34.9 Å². The topological polar surface area (TPSA) is 75.7 Å². The number of benzene rings is 1. The van der Waals surface area contributed by atoms with Crippen LogP contribution in [0.2, 0.25) is 0 Å². The van der Waals surface area contributed by atoms with Crippen molar-refractivity contribution >= 4 is 11.6 Å². The van der Waals surface area contributed by atoms with Crippen molar-refractivity contribution in [2.45, 2.75) is 12.8 Å². The van der Waals surface area contributed by atoms with E-state index < -0.39 is 0 Å². The van der Waals surface area contributed by atoms with Gasteiger partial charge >= 0.3 is 0 Å². The van der Waals surface area contributed by atoms with Crippen LogP contribution in [0.3, 0.4) is 0 Å². The van der Waals surface area contributed by atoms with Crippen LogP contribution in [0, 0.1) is 0 Å². The zero-order valence-electron chi connectivity index (χ0n) is 7.53. The lowest BCUT2D eigenvalue weighted by Gasteiger charge is -2.04. The number of hydrogen-bond acceptors (Lipinski definition) is 3. The average molecular weight is 190 g/mol. The second-order valence-electron chi connectivity index (χ2n) is 3.24. The Labute approximate surface area is 81.0 Å². The molecule has 1 aromatic carbocycles. The van der Waals surface area contributed by atoms with Crippen LogP contribution in [-0.2, 0) is 6.42 Å². The second kappa shape index (κ2) is 3.14. The molecule has 0 fully saturated rings. The quantitative estimate of drug-likeness (QED) is 0.299. The lowest BCUT2D eigenvalue weighted by atomic mass is 10.0. The largest absolute Gasteiger partial charge is 0.409 e. The Morgan fingerprint density at radius 1 is 1.43 bits per heavy atom. The fourth-order valence-corrected chi connectivity index (χ4v) is 1.78. The molecule has 0 aliphatic heterocycles. The summed E-state index contributed by atoms with van der Waals surface area (Å²) in [6, 6.07) is 5.28. The average Bonchev–Trinajstić information content (AvgIpc) is 2.59. The van der Waals surface area contributed by atoms with Crippen LogP contribution in [0.5, 0.6) is 0 Å². The van der Waals surface area contributed by atoms with Crippen molar-refractivity contribution in [3.63, 3.8) is 0 Å². The van der Waals surface area contributed by atoms with Crippen molar-refractivity contribution in [2.75, 3.05) is 0 Å². The van der Waals surface area contributed by atoms with Gasteiger partial charge in [-0.05, 0) is 12.0 Å². The molecule has 0 bridgehead atoms. The summed E-state index contributed by atoms with van der Waals surface area (Å²) in [4.78, 5) is 11.4. The summed E-state index contributed by atoms with van der Waals surface area (Å²) < 4.78 is 0. The van der Waals surface area contributed by atoms with E-state index in [0.717, 1.165) is 5.56 Å². The standard InChI is InChI=1S/C10H10N2O2/c11-10(12-14)8-3-1-2-7-6(8)4-5-9(7)13/h1-3,14H,4-5H2,(H2,11,12). The molecule has 1 aliphatic carbocycles. The third-order valence-corrected chi connectivity index (χ3v) is 2.46. The molecule has 72 valence electrons. The normalized spacial score (nSPS) is 15.7. The van der Waals surface area contributed by atoms with Crippen LogP contribution in [0.15, 0.2) is 23.4 Å². The van der Waals surface area contributed by atoms with E-state index >= 15 is 0 Å². The highest BCUT2D eigenvalue weighted by Gasteiger charge is 2.22. The number of carbonyl (C=O) groups excluding carboxylic acids is 1. The van der Waals surface area contributed by atoms with E-state index in [0.29, 0.717) is 24.0 Å². The molecule has 0 amide bonds. The predicted molar refractivity (Wildman–Crippen MR) is 51.6 cm³/mol. The van der Waals surface area contributed by atoms with Gasteiger partial charge in [-0.2, -0.15) is 0 Å². The Hall–Kier alpha value is -1.84. The molecule has 3 N–H and O–H groups in total. The number of amidine groups is 1. The molecular formula is C10H10N2O2. The summed E-state index contributed by atoms with van der Waals surface area (Å²) >= 11 is 0. The van der Waals surface area contributed by atoms with Gasteiger partial charge in [0.25, 0.3) is 0 Å². The van der Waals surface area contributed by atoms with Gasteiger partial charge < -0.3 is 10.9 Å². The van der Waals surface area contributed by atoms with Gasteiger partial charge in [0.05, 0.1) is 0 Å². The van der Waals surface area contributed by atoms with E-state index in [4.69, 9.17) is 10.9 Å². The first-order valence-electron chi connectivity index (χ1n) is 4.37. The van der Waals surface area contributed by atoms with Crippen LogP contribution in [0.1, 0.15) is 27.9 Å². The molecule has 14 heavy (non-hydrogen) atoms. The van der Waals surface area contributed by atoms with Gasteiger partial charge in [0.2, 0.25) is 0 Å². The lowest BCUT2D eigenvalue weighted by Crippen LogP contribution is -2.15. The van der Waals surface area contributed by atoms with Gasteiger partial charge in [0.1, 0.15) is 0 Å². The van der Waals surface area contributed by atoms with Crippen LogP contribution in [0.25, 0.3) is 0 Å². The van der Waals surface area contributed by atoms with Crippen molar-refractivity contribution < 1.29 is 10.0 Å². The van der Waals surface area contributed by atoms with E-state index in [9.17, 15) is 4.79 Å². The van der Waals surface area contributed by atoms with Crippen LogP contribution < -0.4 is 5.73 Å². The van der Waals surface area contributed by atoms with E-state index in [1.54, 1.807) is 18.2 Å². The van der Waals surface area contributed by atoms with E-state index in [1.165, 1.54) is 0 Å². The molecule has 0 unspecified atom stereocenters. The number of oxime groups is 1. The summed E-state index contributed by atoms with van der Waals surface area (Å²) in [6.07, 6.45) is 1.20. The van der Waals surface area contributed by atoms with Crippen LogP contribution in [0.4, 0.5) is 0 Å². The number of ketones is 1. The molecule has 1 aromatic rings. The van der Waals surface area contributed by atoms with E-state index in [-0.39, 0.29) is 11.6 Å². The molecule has 1 aliphatic rings. The number of nitrogens with zero attached hydrogens (tertiary/aromatic N) is 1. The zero-order chi connectivity index (χ0) is 10.1. The number of rotatable bonds is 1. The van der Waals surface area contributed by atoms with Gasteiger partial charge in [-0.15, -0.1) is 0 Å². The summed E-state index contributed by atoms with van der Waals surface area (Å²) in [5.74, 6) is 0.198. The molecule has 0 radical (unpaired) electrons. The zero-order valence-corrected chi connectivity index (χ0v) is 7.53. The number of Topliss-reactive ketones (excluding diaryl/α,β-unsaturated/α-hetero) is 1. The number of nitrogens with two attached hydrogens (primary N) is 1. The number of fused-ring (bicyclic) bond motifs is 1. The molecule has 4 heteroatoms. The Morgan fingerprint density at radius 2 is 2.21 bits per heavy atom. The summed E-state index contributed by atoms with van der Waals surface area (Å²) in [7, 11) is 0. The summed E-state index contributed by atoms with van der Waals surface area (Å²) in [5.41, 5.74) is 7.76.